The van der Waals surface area contributed by atoms with E-state index < -0.39 is 0 Å². The van der Waals surface area contributed by atoms with E-state index in [1.54, 1.807) is 0 Å². The summed E-state index contributed by atoms with van der Waals surface area (Å²) in [5.74, 6) is 0.464. The van der Waals surface area contributed by atoms with E-state index in [9.17, 15) is 14.4 Å². The van der Waals surface area contributed by atoms with Crippen molar-refractivity contribution in [1.82, 2.24) is 19.8 Å². The molecule has 2 fully saturated rings. The van der Waals surface area contributed by atoms with Gasteiger partial charge in [0.1, 0.15) is 0 Å². The van der Waals surface area contributed by atoms with E-state index in [0.717, 1.165) is 59.5 Å². The molecule has 4 heterocycles. The Balaban J connectivity index is 1.35. The van der Waals surface area contributed by atoms with Gasteiger partial charge in [0.15, 0.2) is 0 Å². The Kier molecular flexibility index (Phi) is 8.19. The third-order valence-electron chi connectivity index (χ3n) is 8.48. The van der Waals surface area contributed by atoms with Gasteiger partial charge in [-0.15, -0.1) is 11.8 Å². The molecule has 2 aromatic heterocycles. The van der Waals surface area contributed by atoms with E-state index in [4.69, 9.17) is 4.74 Å². The number of aromatic amines is 1. The maximum absolute atomic E-state index is 13.6. The fraction of sp³-hybridized carbons (Fsp3) is 0.500. The number of fused-ring (bicyclic) bond motifs is 1. The number of carbonyl (C=O) groups excluding carboxylic acids is 2. The summed E-state index contributed by atoms with van der Waals surface area (Å²) >= 11 is 1.50. The number of hydrogen-bond acceptors (Lipinski definition) is 5. The molecule has 2 amide bonds. The number of thioether (sulfide) groups is 1. The van der Waals surface area contributed by atoms with Gasteiger partial charge in [-0.2, -0.15) is 0 Å². The number of aryl methyl sites for hydroxylation is 1. The standard InChI is InChI=1S/C30H38N4O4S/c1-18-15-26(39-4)24(28(35)32-18)16-31-29(36)27-20(3)34(25-8-6-5-7-23(25)27)19(2)21-9-12-33(13-10-21)30(37)22-11-14-38-17-22/h5-8,15,19,21-22H,9-14,16-17H2,1-4H3,(H,31,36)(H,32,35)/t19-,22+/m1/s1. The lowest BCUT2D eigenvalue weighted by Gasteiger charge is -2.37. The second-order valence-electron chi connectivity index (χ2n) is 10.8. The number of hydrogen-bond donors (Lipinski definition) is 2. The van der Waals surface area contributed by atoms with Gasteiger partial charge < -0.3 is 24.5 Å². The number of para-hydroxylation sites is 1. The fourth-order valence-corrected chi connectivity index (χ4v) is 7.00. The summed E-state index contributed by atoms with van der Waals surface area (Å²) in [6.45, 7) is 9.01. The number of rotatable bonds is 7. The summed E-state index contributed by atoms with van der Waals surface area (Å²) in [4.78, 5) is 44.8. The van der Waals surface area contributed by atoms with Gasteiger partial charge in [0, 0.05) is 65.0 Å². The fourth-order valence-electron chi connectivity index (χ4n) is 6.30. The van der Waals surface area contributed by atoms with Crippen LogP contribution in [0.15, 0.2) is 40.0 Å². The first-order chi connectivity index (χ1) is 18.8. The van der Waals surface area contributed by atoms with Gasteiger partial charge in [-0.05, 0) is 64.3 Å². The molecule has 208 valence electrons. The number of carbonyl (C=O) groups is 2. The number of ether oxygens (including phenoxy) is 1. The minimum Gasteiger partial charge on any atom is -0.381 e. The normalized spacial score (nSPS) is 19.0. The second kappa shape index (κ2) is 11.6. The third kappa shape index (κ3) is 5.39. The van der Waals surface area contributed by atoms with Crippen LogP contribution < -0.4 is 10.9 Å². The van der Waals surface area contributed by atoms with Crippen molar-refractivity contribution >= 4 is 34.5 Å². The van der Waals surface area contributed by atoms with Gasteiger partial charge in [-0.25, -0.2) is 0 Å². The van der Waals surface area contributed by atoms with Crippen LogP contribution in [0.25, 0.3) is 10.9 Å². The molecule has 2 aliphatic heterocycles. The molecule has 39 heavy (non-hydrogen) atoms. The molecule has 1 aromatic carbocycles. The van der Waals surface area contributed by atoms with Crippen LogP contribution >= 0.6 is 11.8 Å². The smallest absolute Gasteiger partial charge is 0.254 e. The van der Waals surface area contributed by atoms with E-state index in [0.29, 0.717) is 30.3 Å². The predicted molar refractivity (Wildman–Crippen MR) is 154 cm³/mol. The van der Waals surface area contributed by atoms with Crippen molar-refractivity contribution in [3.63, 3.8) is 0 Å². The Morgan fingerprint density at radius 3 is 2.62 bits per heavy atom. The molecule has 2 aliphatic rings. The van der Waals surface area contributed by atoms with Crippen LogP contribution in [0.1, 0.15) is 59.5 Å². The monoisotopic (exact) mass is 550 g/mol. The lowest BCUT2D eigenvalue weighted by atomic mass is 9.89. The topological polar surface area (TPSA) is 96.4 Å². The average molecular weight is 551 g/mol. The summed E-state index contributed by atoms with van der Waals surface area (Å²) in [6, 6.07) is 10.1. The summed E-state index contributed by atoms with van der Waals surface area (Å²) < 4.78 is 7.72. The Morgan fingerprint density at radius 2 is 1.92 bits per heavy atom. The first-order valence-corrected chi connectivity index (χ1v) is 15.0. The Hall–Kier alpha value is -3.04. The Morgan fingerprint density at radius 1 is 1.18 bits per heavy atom. The molecule has 2 saturated heterocycles. The van der Waals surface area contributed by atoms with Crippen molar-refractivity contribution in [3.8, 4) is 0 Å². The zero-order valence-electron chi connectivity index (χ0n) is 23.2. The minimum absolute atomic E-state index is 0.0122. The van der Waals surface area contributed by atoms with Gasteiger partial charge in [-0.3, -0.25) is 14.4 Å². The minimum atomic E-state index is -0.180. The number of likely N-dealkylation sites (tertiary alicyclic amines) is 1. The van der Waals surface area contributed by atoms with E-state index in [-0.39, 0.29) is 35.9 Å². The number of piperidine rings is 1. The van der Waals surface area contributed by atoms with E-state index in [1.807, 2.05) is 49.3 Å². The van der Waals surface area contributed by atoms with Crippen molar-refractivity contribution in [2.24, 2.45) is 11.8 Å². The van der Waals surface area contributed by atoms with Crippen LogP contribution in [0.3, 0.4) is 0 Å². The molecule has 8 nitrogen and oxygen atoms in total. The maximum atomic E-state index is 13.6. The van der Waals surface area contributed by atoms with E-state index in [2.05, 4.69) is 27.9 Å². The van der Waals surface area contributed by atoms with E-state index >= 15 is 0 Å². The van der Waals surface area contributed by atoms with Gasteiger partial charge in [0.05, 0.1) is 18.1 Å². The van der Waals surface area contributed by atoms with Gasteiger partial charge >= 0.3 is 0 Å². The highest BCUT2D eigenvalue weighted by Gasteiger charge is 2.33. The van der Waals surface area contributed by atoms with Crippen LogP contribution in [-0.2, 0) is 16.1 Å². The molecule has 2 N–H and O–H groups in total. The first-order valence-electron chi connectivity index (χ1n) is 13.8. The largest absolute Gasteiger partial charge is 0.381 e. The summed E-state index contributed by atoms with van der Waals surface area (Å²) in [5.41, 5.74) is 3.81. The van der Waals surface area contributed by atoms with Gasteiger partial charge in [-0.1, -0.05) is 18.2 Å². The number of pyridine rings is 1. The van der Waals surface area contributed by atoms with E-state index in [1.165, 1.54) is 11.8 Å². The van der Waals surface area contributed by atoms with Crippen LogP contribution in [0.5, 0.6) is 0 Å². The molecule has 5 rings (SSSR count). The average Bonchev–Trinajstić information content (AvgIpc) is 3.57. The van der Waals surface area contributed by atoms with Crippen molar-refractivity contribution in [1.29, 1.82) is 0 Å². The predicted octanol–water partition coefficient (Wildman–Crippen LogP) is 4.43. The molecule has 0 bridgehead atoms. The maximum Gasteiger partial charge on any atom is 0.254 e. The molecule has 2 atom stereocenters. The lowest BCUT2D eigenvalue weighted by molar-refractivity contribution is -0.137. The summed E-state index contributed by atoms with van der Waals surface area (Å²) in [6.07, 6.45) is 4.62. The second-order valence-corrected chi connectivity index (χ2v) is 11.7. The van der Waals surface area contributed by atoms with Crippen LogP contribution in [0, 0.1) is 25.7 Å². The van der Waals surface area contributed by atoms with Gasteiger partial charge in [0.25, 0.3) is 11.5 Å². The van der Waals surface area contributed by atoms with Crippen molar-refractivity contribution in [2.75, 3.05) is 32.6 Å². The SMILES string of the molecule is CSc1cc(C)[nH]c(=O)c1CNC(=O)c1c(C)n([C@H](C)C2CCN(C(=O)[C@H]3CCOC3)CC2)c2ccccc12. The Bertz CT molecular complexity index is 1430. The molecule has 0 unspecified atom stereocenters. The number of nitrogens with one attached hydrogen (secondary N) is 2. The molecule has 0 radical (unpaired) electrons. The van der Waals surface area contributed by atoms with Crippen molar-refractivity contribution in [3.05, 3.63) is 63.2 Å². The molecule has 0 saturated carbocycles. The van der Waals surface area contributed by atoms with Crippen LogP contribution in [0.4, 0.5) is 0 Å². The molecule has 9 heteroatoms. The first kappa shape index (κ1) is 27.5. The number of H-pyrrole nitrogens is 1. The molecular formula is C30H38N4O4S. The van der Waals surface area contributed by atoms with Crippen molar-refractivity contribution in [2.45, 2.75) is 57.5 Å². The molecule has 0 spiro atoms. The zero-order valence-corrected chi connectivity index (χ0v) is 24.0. The molecule has 3 aromatic rings. The van der Waals surface area contributed by atoms with Crippen molar-refractivity contribution < 1.29 is 14.3 Å². The van der Waals surface area contributed by atoms with Crippen LogP contribution in [0.2, 0.25) is 0 Å². The lowest BCUT2D eigenvalue weighted by Crippen LogP contribution is -2.43. The quantitative estimate of drug-likeness (QED) is 0.424. The Labute approximate surface area is 233 Å². The highest BCUT2D eigenvalue weighted by atomic mass is 32.2. The van der Waals surface area contributed by atoms with Crippen LogP contribution in [-0.4, -0.2) is 58.8 Å². The third-order valence-corrected chi connectivity index (χ3v) is 9.28. The number of aromatic nitrogens is 2. The van der Waals surface area contributed by atoms with Gasteiger partial charge in [0.2, 0.25) is 5.91 Å². The summed E-state index contributed by atoms with van der Waals surface area (Å²) in [7, 11) is 0. The number of benzene rings is 1. The highest BCUT2D eigenvalue weighted by Crippen LogP contribution is 2.36. The number of nitrogens with zero attached hydrogens (tertiary/aromatic N) is 2. The molecular weight excluding hydrogens is 512 g/mol. The summed E-state index contributed by atoms with van der Waals surface area (Å²) in [5, 5.41) is 3.93. The zero-order chi connectivity index (χ0) is 27.7. The number of amides is 2. The highest BCUT2D eigenvalue weighted by molar-refractivity contribution is 7.98. The molecule has 0 aliphatic carbocycles.